The molecule has 3 aliphatic carbocycles. The van der Waals surface area contributed by atoms with Crippen LogP contribution in [0.1, 0.15) is 63.7 Å². The first-order valence-corrected chi connectivity index (χ1v) is 11.1. The summed E-state index contributed by atoms with van der Waals surface area (Å²) in [6.45, 7) is 0. The summed E-state index contributed by atoms with van der Waals surface area (Å²) in [6, 6.07) is 15.5. The van der Waals surface area contributed by atoms with Crippen molar-refractivity contribution in [3.8, 4) is 0 Å². The first-order chi connectivity index (χ1) is 17.3. The molecule has 0 unspecified atom stereocenters. The predicted molar refractivity (Wildman–Crippen MR) is 130 cm³/mol. The van der Waals surface area contributed by atoms with Crippen LogP contribution in [-0.4, -0.2) is 34.7 Å². The Bertz CT molecular complexity index is 1730. The van der Waals surface area contributed by atoms with E-state index in [9.17, 15) is 28.8 Å². The van der Waals surface area contributed by atoms with Crippen molar-refractivity contribution in [3.63, 3.8) is 0 Å². The van der Waals surface area contributed by atoms with Crippen LogP contribution in [0.3, 0.4) is 0 Å². The molecule has 0 N–H and O–H groups in total. The molecular weight excluding hydrogens is 456 g/mol. The van der Waals surface area contributed by atoms with Gasteiger partial charge in [-0.15, -0.1) is 0 Å². The Kier molecular flexibility index (Phi) is 4.59. The van der Waals surface area contributed by atoms with Crippen molar-refractivity contribution in [2.75, 3.05) is 0 Å². The zero-order valence-electron chi connectivity index (χ0n) is 18.5. The Morgan fingerprint density at radius 2 is 0.972 bits per heavy atom. The van der Waals surface area contributed by atoms with Crippen LogP contribution in [-0.2, 0) is 9.59 Å². The second-order valence-electron chi connectivity index (χ2n) is 8.63. The van der Waals surface area contributed by atoms with Crippen LogP contribution < -0.4 is 0 Å². The molecule has 36 heavy (non-hydrogen) atoms. The van der Waals surface area contributed by atoms with E-state index in [-0.39, 0.29) is 56.5 Å². The van der Waals surface area contributed by atoms with Gasteiger partial charge < -0.3 is 0 Å². The Labute approximate surface area is 204 Å². The van der Waals surface area contributed by atoms with E-state index in [4.69, 9.17) is 0 Å². The van der Waals surface area contributed by atoms with E-state index in [1.807, 2.05) is 0 Å². The number of allylic oxidation sites excluding steroid dienone is 6. The van der Waals surface area contributed by atoms with Gasteiger partial charge in [0.1, 0.15) is 0 Å². The molecule has 0 bridgehead atoms. The molecule has 0 spiro atoms. The summed E-state index contributed by atoms with van der Waals surface area (Å²) in [5.74, 6) is -2.17. The maximum atomic E-state index is 13.4. The quantitative estimate of drug-likeness (QED) is 0.410. The average Bonchev–Trinajstić information content (AvgIpc) is 2.90. The second kappa shape index (κ2) is 7.71. The van der Waals surface area contributed by atoms with Crippen LogP contribution in [0, 0.1) is 0 Å². The molecule has 0 atom stereocenters. The molecule has 6 nitrogen and oxygen atoms in total. The number of carbonyl (C=O) groups is 6. The highest BCUT2D eigenvalue weighted by atomic mass is 16.2. The van der Waals surface area contributed by atoms with Gasteiger partial charge in [0.15, 0.2) is 34.7 Å². The smallest absolute Gasteiger partial charge is 0.194 e. The van der Waals surface area contributed by atoms with E-state index in [1.54, 1.807) is 30.3 Å². The van der Waals surface area contributed by atoms with Gasteiger partial charge in [0.25, 0.3) is 0 Å². The van der Waals surface area contributed by atoms with Gasteiger partial charge in [-0.2, -0.15) is 0 Å². The van der Waals surface area contributed by atoms with Crippen molar-refractivity contribution in [3.05, 3.63) is 129 Å². The summed E-state index contributed by atoms with van der Waals surface area (Å²) in [6.07, 6.45) is 4.73. The van der Waals surface area contributed by atoms with Gasteiger partial charge in [0.2, 0.25) is 0 Å². The van der Waals surface area contributed by atoms with Gasteiger partial charge in [-0.25, -0.2) is 0 Å². The molecule has 3 aromatic rings. The molecule has 0 aliphatic heterocycles. The molecule has 0 heterocycles. The topological polar surface area (TPSA) is 102 Å². The average molecular weight is 470 g/mol. The standard InChI is InChI=1S/C30H14O6/c31-17-7-10-26(32)22(13-17)15-5-8-20-24(11-15)27(33)14-23(29(20)35)16-6-9-21-25(12-16)30(36)19-4-2-1-3-18(19)28(21)34/h1-14H. The van der Waals surface area contributed by atoms with Crippen molar-refractivity contribution < 1.29 is 28.8 Å². The first kappa shape index (κ1) is 21.4. The maximum absolute atomic E-state index is 13.4. The molecule has 0 amide bonds. The second-order valence-corrected chi connectivity index (χ2v) is 8.63. The minimum absolute atomic E-state index is 0.105. The van der Waals surface area contributed by atoms with Gasteiger partial charge in [0, 0.05) is 44.5 Å². The van der Waals surface area contributed by atoms with Crippen LogP contribution in [0.2, 0.25) is 0 Å². The molecular formula is C30H14O6. The van der Waals surface area contributed by atoms with Crippen LogP contribution in [0.15, 0.2) is 85.0 Å². The fourth-order valence-corrected chi connectivity index (χ4v) is 4.75. The third-order valence-electron chi connectivity index (χ3n) is 6.55. The Balaban J connectivity index is 1.40. The van der Waals surface area contributed by atoms with Gasteiger partial charge in [-0.05, 0) is 59.7 Å². The van der Waals surface area contributed by atoms with E-state index >= 15 is 0 Å². The lowest BCUT2D eigenvalue weighted by Gasteiger charge is -2.20. The highest BCUT2D eigenvalue weighted by Gasteiger charge is 2.32. The molecule has 0 fully saturated rings. The molecule has 170 valence electrons. The molecule has 6 heteroatoms. The van der Waals surface area contributed by atoms with Crippen molar-refractivity contribution in [1.29, 1.82) is 0 Å². The predicted octanol–water partition coefficient (Wildman–Crippen LogP) is 4.02. The molecule has 0 saturated heterocycles. The summed E-state index contributed by atoms with van der Waals surface area (Å²) < 4.78 is 0. The largest absolute Gasteiger partial charge is 0.290 e. The van der Waals surface area contributed by atoms with Crippen molar-refractivity contribution in [2.45, 2.75) is 0 Å². The molecule has 0 saturated carbocycles. The summed E-state index contributed by atoms with van der Waals surface area (Å²) >= 11 is 0. The third kappa shape index (κ3) is 3.12. The minimum Gasteiger partial charge on any atom is -0.290 e. The lowest BCUT2D eigenvalue weighted by Crippen LogP contribution is -2.22. The fourth-order valence-electron chi connectivity index (χ4n) is 4.75. The molecule has 6 rings (SSSR count). The molecule has 0 radical (unpaired) electrons. The summed E-state index contributed by atoms with van der Waals surface area (Å²) in [5.41, 5.74) is 2.30. The van der Waals surface area contributed by atoms with Crippen LogP contribution in [0.4, 0.5) is 0 Å². The zero-order valence-corrected chi connectivity index (χ0v) is 18.5. The van der Waals surface area contributed by atoms with Gasteiger partial charge in [-0.1, -0.05) is 36.4 Å². The van der Waals surface area contributed by atoms with Gasteiger partial charge >= 0.3 is 0 Å². The number of fused-ring (bicyclic) bond motifs is 3. The number of Topliss-reactive ketones (excluding diaryl/α,β-unsaturated/α-hetero) is 1. The number of carbonyl (C=O) groups excluding carboxylic acids is 6. The van der Waals surface area contributed by atoms with E-state index in [2.05, 4.69) is 0 Å². The molecule has 0 aromatic heterocycles. The Hall–Kier alpha value is -5.10. The normalized spacial score (nSPS) is 16.3. The number of hydrogen-bond donors (Lipinski definition) is 0. The lowest BCUT2D eigenvalue weighted by molar-refractivity contribution is -0.113. The van der Waals surface area contributed by atoms with Crippen LogP contribution >= 0.6 is 0 Å². The van der Waals surface area contributed by atoms with E-state index in [0.29, 0.717) is 22.3 Å². The monoisotopic (exact) mass is 470 g/mol. The van der Waals surface area contributed by atoms with E-state index in [1.165, 1.54) is 54.6 Å². The van der Waals surface area contributed by atoms with Crippen molar-refractivity contribution in [2.24, 2.45) is 0 Å². The van der Waals surface area contributed by atoms with Crippen molar-refractivity contribution >= 4 is 45.8 Å². The highest BCUT2D eigenvalue weighted by Crippen LogP contribution is 2.34. The maximum Gasteiger partial charge on any atom is 0.194 e. The van der Waals surface area contributed by atoms with Gasteiger partial charge in [-0.3, -0.25) is 28.8 Å². The Morgan fingerprint density at radius 3 is 1.67 bits per heavy atom. The number of rotatable bonds is 2. The van der Waals surface area contributed by atoms with Crippen molar-refractivity contribution in [1.82, 2.24) is 0 Å². The number of benzene rings is 3. The van der Waals surface area contributed by atoms with E-state index in [0.717, 1.165) is 0 Å². The highest BCUT2D eigenvalue weighted by molar-refractivity contribution is 6.40. The fraction of sp³-hybridized carbons (Fsp3) is 0. The summed E-state index contributed by atoms with van der Waals surface area (Å²) in [7, 11) is 0. The molecule has 3 aliphatic rings. The van der Waals surface area contributed by atoms with E-state index < -0.39 is 11.6 Å². The minimum atomic E-state index is -0.447. The number of hydrogen-bond acceptors (Lipinski definition) is 6. The van der Waals surface area contributed by atoms with Gasteiger partial charge in [0.05, 0.1) is 0 Å². The molecule has 3 aromatic carbocycles. The first-order valence-electron chi connectivity index (χ1n) is 11.1. The number of ketones is 6. The zero-order chi connectivity index (χ0) is 25.1. The van der Waals surface area contributed by atoms with Crippen LogP contribution in [0.25, 0.3) is 11.1 Å². The lowest BCUT2D eigenvalue weighted by atomic mass is 9.80. The van der Waals surface area contributed by atoms with Crippen LogP contribution in [0.5, 0.6) is 0 Å². The SMILES string of the molecule is O=C1C=CC(=O)C(c2ccc3c(c2)C(=O)C=C(c2ccc4c(c2)C(=O)c2ccccc2C4=O)C3=O)=C1. The summed E-state index contributed by atoms with van der Waals surface area (Å²) in [4.78, 5) is 76.3. The Morgan fingerprint density at radius 1 is 0.417 bits per heavy atom. The summed E-state index contributed by atoms with van der Waals surface area (Å²) in [5, 5.41) is 0. The third-order valence-corrected chi connectivity index (χ3v) is 6.55.